The van der Waals surface area contributed by atoms with E-state index in [9.17, 15) is 18.0 Å². The number of carbonyl (C=O) groups excluding carboxylic acids is 2. The summed E-state index contributed by atoms with van der Waals surface area (Å²) in [5.41, 5.74) is 1.09. The zero-order valence-electron chi connectivity index (χ0n) is 20.0. The van der Waals surface area contributed by atoms with Gasteiger partial charge in [-0.15, -0.1) is 0 Å². The molecule has 2 aromatic rings. The van der Waals surface area contributed by atoms with Crippen molar-refractivity contribution < 1.29 is 18.0 Å². The predicted octanol–water partition coefficient (Wildman–Crippen LogP) is 1.66. The third-order valence-corrected chi connectivity index (χ3v) is 8.78. The SMILES string of the molecule is CCn1cc(NC(=O)[C@H]2CCCN(S(=O)(=O)c3cnn(C)c3C)C2)c(C(=O)NC2CCCC2)n1. The Hall–Kier alpha value is -2.73. The van der Waals surface area contributed by atoms with E-state index in [-0.39, 0.29) is 35.0 Å². The van der Waals surface area contributed by atoms with Gasteiger partial charge in [0.1, 0.15) is 4.90 Å². The lowest BCUT2D eigenvalue weighted by atomic mass is 9.98. The Balaban J connectivity index is 1.47. The Labute approximate surface area is 199 Å². The second kappa shape index (κ2) is 9.87. The fraction of sp³-hybridized carbons (Fsp3) is 0.636. The first kappa shape index (κ1) is 24.4. The minimum absolute atomic E-state index is 0.0774. The van der Waals surface area contributed by atoms with E-state index in [1.807, 2.05) is 6.92 Å². The maximum atomic E-state index is 13.2. The molecule has 1 aliphatic heterocycles. The zero-order chi connectivity index (χ0) is 24.5. The van der Waals surface area contributed by atoms with E-state index in [0.717, 1.165) is 25.7 Å². The van der Waals surface area contributed by atoms with Crippen molar-refractivity contribution in [2.45, 2.75) is 69.9 Å². The molecule has 3 heterocycles. The van der Waals surface area contributed by atoms with Gasteiger partial charge in [0.25, 0.3) is 5.91 Å². The molecule has 2 amide bonds. The van der Waals surface area contributed by atoms with Crippen LogP contribution in [0, 0.1) is 12.8 Å². The standard InChI is InChI=1S/C22H33N7O4S/c1-4-28-14-18(20(26-28)22(31)24-17-9-5-6-10-17)25-21(30)16-8-7-11-29(13-16)34(32,33)19-12-23-27(3)15(19)2/h12,14,16-17H,4-11,13H2,1-3H3,(H,24,31)(H,25,30)/t16-/m0/s1. The summed E-state index contributed by atoms with van der Waals surface area (Å²) in [6, 6.07) is 0.135. The van der Waals surface area contributed by atoms with Gasteiger partial charge in [0.2, 0.25) is 15.9 Å². The average Bonchev–Trinajstić information content (AvgIpc) is 3.55. The number of hydrogen-bond acceptors (Lipinski definition) is 6. The van der Waals surface area contributed by atoms with Gasteiger partial charge in [-0.2, -0.15) is 14.5 Å². The molecule has 0 spiro atoms. The first-order chi connectivity index (χ1) is 16.2. The van der Waals surface area contributed by atoms with Crippen molar-refractivity contribution in [3.8, 4) is 0 Å². The summed E-state index contributed by atoms with van der Waals surface area (Å²) in [6.07, 6.45) is 8.22. The molecule has 0 bridgehead atoms. The number of amides is 2. The third kappa shape index (κ3) is 4.88. The van der Waals surface area contributed by atoms with E-state index in [1.54, 1.807) is 24.9 Å². The molecule has 12 heteroatoms. The quantitative estimate of drug-likeness (QED) is 0.606. The second-order valence-corrected chi connectivity index (χ2v) is 11.0. The smallest absolute Gasteiger partial charge is 0.274 e. The monoisotopic (exact) mass is 491 g/mol. The fourth-order valence-electron chi connectivity index (χ4n) is 4.65. The largest absolute Gasteiger partial charge is 0.348 e. The number of carbonyl (C=O) groups is 2. The molecule has 11 nitrogen and oxygen atoms in total. The number of anilines is 1. The molecule has 1 aliphatic carbocycles. The van der Waals surface area contributed by atoms with Crippen LogP contribution < -0.4 is 10.6 Å². The first-order valence-electron chi connectivity index (χ1n) is 11.9. The van der Waals surface area contributed by atoms with Gasteiger partial charge in [0.05, 0.1) is 23.5 Å². The van der Waals surface area contributed by atoms with Crippen LogP contribution in [0.2, 0.25) is 0 Å². The topological polar surface area (TPSA) is 131 Å². The normalized spacial score (nSPS) is 19.9. The van der Waals surface area contributed by atoms with Crippen LogP contribution in [-0.2, 0) is 28.4 Å². The number of nitrogens with zero attached hydrogens (tertiary/aromatic N) is 5. The number of nitrogens with one attached hydrogen (secondary N) is 2. The highest BCUT2D eigenvalue weighted by Crippen LogP contribution is 2.27. The zero-order valence-corrected chi connectivity index (χ0v) is 20.8. The highest BCUT2D eigenvalue weighted by molar-refractivity contribution is 7.89. The number of sulfonamides is 1. The van der Waals surface area contributed by atoms with Crippen LogP contribution in [0.15, 0.2) is 17.3 Å². The van der Waals surface area contributed by atoms with Crippen LogP contribution in [0.3, 0.4) is 0 Å². The summed E-state index contributed by atoms with van der Waals surface area (Å²) in [5.74, 6) is -1.14. The van der Waals surface area contributed by atoms with E-state index in [0.29, 0.717) is 37.3 Å². The lowest BCUT2D eigenvalue weighted by Gasteiger charge is -2.31. The molecular formula is C22H33N7O4S. The summed E-state index contributed by atoms with van der Waals surface area (Å²) in [4.78, 5) is 26.2. The van der Waals surface area contributed by atoms with Crippen molar-refractivity contribution in [3.05, 3.63) is 23.8 Å². The number of aryl methyl sites for hydroxylation is 2. The Kier molecular flexibility index (Phi) is 7.08. The maximum absolute atomic E-state index is 13.2. The van der Waals surface area contributed by atoms with Crippen molar-refractivity contribution >= 4 is 27.5 Å². The van der Waals surface area contributed by atoms with Crippen molar-refractivity contribution in [1.82, 2.24) is 29.2 Å². The van der Waals surface area contributed by atoms with Gasteiger partial charge in [0.15, 0.2) is 5.69 Å². The lowest BCUT2D eigenvalue weighted by molar-refractivity contribution is -0.120. The fourth-order valence-corrected chi connectivity index (χ4v) is 6.36. The van der Waals surface area contributed by atoms with Crippen molar-refractivity contribution in [1.29, 1.82) is 0 Å². The molecule has 186 valence electrons. The second-order valence-electron chi connectivity index (χ2n) is 9.11. The number of piperidine rings is 1. The van der Waals surface area contributed by atoms with Crippen molar-refractivity contribution in [3.63, 3.8) is 0 Å². The van der Waals surface area contributed by atoms with Crippen LogP contribution in [0.5, 0.6) is 0 Å². The minimum atomic E-state index is -3.76. The number of rotatable bonds is 7. The van der Waals surface area contributed by atoms with Gasteiger partial charge in [-0.1, -0.05) is 12.8 Å². The van der Waals surface area contributed by atoms with Crippen LogP contribution in [0.25, 0.3) is 0 Å². The van der Waals surface area contributed by atoms with Crippen molar-refractivity contribution in [2.75, 3.05) is 18.4 Å². The van der Waals surface area contributed by atoms with E-state index in [1.165, 1.54) is 15.2 Å². The average molecular weight is 492 g/mol. The molecule has 0 radical (unpaired) electrons. The molecule has 0 unspecified atom stereocenters. The van der Waals surface area contributed by atoms with Crippen LogP contribution >= 0.6 is 0 Å². The molecular weight excluding hydrogens is 458 g/mol. The van der Waals surface area contributed by atoms with Gasteiger partial charge in [-0.25, -0.2) is 8.42 Å². The Morgan fingerprint density at radius 3 is 2.56 bits per heavy atom. The van der Waals surface area contributed by atoms with Gasteiger partial charge in [0, 0.05) is 38.9 Å². The minimum Gasteiger partial charge on any atom is -0.348 e. The molecule has 2 N–H and O–H groups in total. The summed E-state index contributed by atoms with van der Waals surface area (Å²) in [7, 11) is -2.06. The molecule has 2 aromatic heterocycles. The summed E-state index contributed by atoms with van der Waals surface area (Å²) >= 11 is 0. The highest BCUT2D eigenvalue weighted by atomic mass is 32.2. The molecule has 2 aliphatic rings. The maximum Gasteiger partial charge on any atom is 0.274 e. The lowest BCUT2D eigenvalue weighted by Crippen LogP contribution is -2.44. The first-order valence-corrected chi connectivity index (χ1v) is 13.3. The summed E-state index contributed by atoms with van der Waals surface area (Å²) in [6.45, 7) is 4.59. The molecule has 4 rings (SSSR count). The predicted molar refractivity (Wildman–Crippen MR) is 126 cm³/mol. The molecule has 1 saturated heterocycles. The van der Waals surface area contributed by atoms with Crippen LogP contribution in [-0.4, -0.2) is 63.2 Å². The molecule has 1 saturated carbocycles. The van der Waals surface area contributed by atoms with E-state index >= 15 is 0 Å². The summed E-state index contributed by atoms with van der Waals surface area (Å²) in [5, 5.41) is 14.3. The Morgan fingerprint density at radius 2 is 1.91 bits per heavy atom. The van der Waals surface area contributed by atoms with Gasteiger partial charge in [-0.3, -0.25) is 19.0 Å². The van der Waals surface area contributed by atoms with Crippen molar-refractivity contribution in [2.24, 2.45) is 13.0 Å². The molecule has 1 atom stereocenters. The Bertz CT molecular complexity index is 1160. The van der Waals surface area contributed by atoms with Gasteiger partial charge >= 0.3 is 0 Å². The van der Waals surface area contributed by atoms with Crippen LogP contribution in [0.1, 0.15) is 61.6 Å². The molecule has 34 heavy (non-hydrogen) atoms. The summed E-state index contributed by atoms with van der Waals surface area (Å²) < 4.78 is 30.8. The molecule has 0 aromatic carbocycles. The van der Waals surface area contributed by atoms with E-state index in [4.69, 9.17) is 0 Å². The van der Waals surface area contributed by atoms with E-state index in [2.05, 4.69) is 20.8 Å². The number of hydrogen-bond donors (Lipinski definition) is 2. The third-order valence-electron chi connectivity index (χ3n) is 6.81. The van der Waals surface area contributed by atoms with E-state index < -0.39 is 15.9 Å². The van der Waals surface area contributed by atoms with Gasteiger partial charge < -0.3 is 10.6 Å². The number of aromatic nitrogens is 4. The Morgan fingerprint density at radius 1 is 1.18 bits per heavy atom. The molecule has 2 fully saturated rings. The van der Waals surface area contributed by atoms with Gasteiger partial charge in [-0.05, 0) is 39.5 Å². The highest BCUT2D eigenvalue weighted by Gasteiger charge is 2.35. The van der Waals surface area contributed by atoms with Crippen LogP contribution in [0.4, 0.5) is 5.69 Å².